The van der Waals surface area contributed by atoms with Gasteiger partial charge < -0.3 is 38.5 Å². The van der Waals surface area contributed by atoms with Gasteiger partial charge >= 0.3 is 5.97 Å². The molecule has 0 aromatic heterocycles. The van der Waals surface area contributed by atoms with Gasteiger partial charge in [-0.15, -0.1) is 0 Å². The molecule has 0 saturated heterocycles. The maximum absolute atomic E-state index is 11.1. The Kier molecular flexibility index (Phi) is 17.8. The molecule has 0 spiro atoms. The first-order valence-corrected chi connectivity index (χ1v) is 11.2. The number of benzene rings is 1. The fraction of sp³-hybridized carbons (Fsp3) is 0.652. The first-order valence-electron chi connectivity index (χ1n) is 11.2. The van der Waals surface area contributed by atoms with Crippen LogP contribution >= 0.6 is 0 Å². The molecule has 10 heteroatoms. The Labute approximate surface area is 195 Å². The van der Waals surface area contributed by atoms with Gasteiger partial charge in [0.05, 0.1) is 79.1 Å². The maximum atomic E-state index is 11.1. The number of amides is 1. The van der Waals surface area contributed by atoms with Gasteiger partial charge in [0.2, 0.25) is 5.91 Å². The molecule has 0 aliphatic rings. The molecule has 0 fully saturated rings. The number of esters is 1. The fourth-order valence-corrected chi connectivity index (χ4v) is 2.43. The molecule has 10 nitrogen and oxygen atoms in total. The Hall–Kier alpha value is -2.24. The van der Waals surface area contributed by atoms with Crippen molar-refractivity contribution in [2.45, 2.75) is 20.3 Å². The Bertz CT molecular complexity index is 625. The zero-order valence-electron chi connectivity index (χ0n) is 19.7. The Balaban J connectivity index is 1.78. The summed E-state index contributed by atoms with van der Waals surface area (Å²) >= 11 is 0. The number of anilines is 1. The van der Waals surface area contributed by atoms with Crippen LogP contribution in [0.4, 0.5) is 5.69 Å². The number of hydrogen-bond acceptors (Lipinski definition) is 9. The van der Waals surface area contributed by atoms with E-state index in [2.05, 4.69) is 5.32 Å². The number of rotatable bonds is 21. The Morgan fingerprint density at radius 3 is 1.61 bits per heavy atom. The molecule has 0 heterocycles. The van der Waals surface area contributed by atoms with Crippen molar-refractivity contribution in [2.24, 2.45) is 0 Å². The molecule has 1 rings (SSSR count). The van der Waals surface area contributed by atoms with Crippen LogP contribution in [-0.2, 0) is 38.0 Å². The summed E-state index contributed by atoms with van der Waals surface area (Å²) in [5, 5.41) is 2.70. The molecule has 1 aromatic rings. The minimum atomic E-state index is -0.252. The van der Waals surface area contributed by atoms with Crippen LogP contribution in [0.2, 0.25) is 0 Å². The van der Waals surface area contributed by atoms with Crippen molar-refractivity contribution in [1.29, 1.82) is 0 Å². The number of carbonyl (C=O) groups is 2. The summed E-state index contributed by atoms with van der Waals surface area (Å²) in [5.41, 5.74) is 0.730. The molecule has 0 unspecified atom stereocenters. The molecule has 1 amide bonds. The molecule has 0 saturated carbocycles. The molecule has 0 atom stereocenters. The largest absolute Gasteiger partial charge is 0.491 e. The van der Waals surface area contributed by atoms with Gasteiger partial charge in [0.25, 0.3) is 0 Å². The van der Waals surface area contributed by atoms with Gasteiger partial charge in [-0.3, -0.25) is 9.59 Å². The standard InChI is InChI=1S/C23H37NO9/c1-3-32-23(26)8-9-27-10-11-28-12-13-29-14-15-30-16-17-31-18-19-33-22-6-4-21(5-7-22)24-20(2)25/h4-7H,3,8-19H2,1-2H3,(H,24,25). The molecule has 33 heavy (non-hydrogen) atoms. The highest BCUT2D eigenvalue weighted by molar-refractivity contribution is 5.88. The van der Waals surface area contributed by atoms with E-state index in [1.165, 1.54) is 6.92 Å². The molecule has 1 N–H and O–H groups in total. The lowest BCUT2D eigenvalue weighted by atomic mass is 10.3. The average molecular weight is 472 g/mol. The molecular formula is C23H37NO9. The lowest BCUT2D eigenvalue weighted by Crippen LogP contribution is -2.15. The third kappa shape index (κ3) is 17.9. The van der Waals surface area contributed by atoms with Crippen molar-refractivity contribution in [3.8, 4) is 5.75 Å². The zero-order chi connectivity index (χ0) is 24.0. The van der Waals surface area contributed by atoms with Crippen molar-refractivity contribution >= 4 is 17.6 Å². The zero-order valence-corrected chi connectivity index (χ0v) is 19.7. The summed E-state index contributed by atoms with van der Waals surface area (Å²) in [6, 6.07) is 7.15. The van der Waals surface area contributed by atoms with Gasteiger partial charge in [-0.05, 0) is 31.2 Å². The second-order valence-electron chi connectivity index (χ2n) is 6.67. The first kappa shape index (κ1) is 28.8. The highest BCUT2D eigenvalue weighted by Crippen LogP contribution is 2.15. The van der Waals surface area contributed by atoms with Gasteiger partial charge in [-0.2, -0.15) is 0 Å². The van der Waals surface area contributed by atoms with E-state index >= 15 is 0 Å². The van der Waals surface area contributed by atoms with Crippen molar-refractivity contribution in [3.05, 3.63) is 24.3 Å². The van der Waals surface area contributed by atoms with Crippen LogP contribution in [0.5, 0.6) is 5.75 Å². The van der Waals surface area contributed by atoms with Crippen molar-refractivity contribution in [1.82, 2.24) is 0 Å². The lowest BCUT2D eigenvalue weighted by molar-refractivity contribution is -0.144. The minimum Gasteiger partial charge on any atom is -0.491 e. The summed E-state index contributed by atoms with van der Waals surface area (Å²) < 4.78 is 37.3. The van der Waals surface area contributed by atoms with E-state index in [9.17, 15) is 9.59 Å². The minimum absolute atomic E-state index is 0.109. The summed E-state index contributed by atoms with van der Waals surface area (Å²) in [4.78, 5) is 22.1. The molecule has 188 valence electrons. The number of nitrogens with one attached hydrogen (secondary N) is 1. The van der Waals surface area contributed by atoms with Crippen LogP contribution in [-0.4, -0.2) is 91.2 Å². The van der Waals surface area contributed by atoms with Gasteiger partial charge in [-0.25, -0.2) is 0 Å². The molecule has 0 bridgehead atoms. The van der Waals surface area contributed by atoms with E-state index in [0.29, 0.717) is 85.0 Å². The molecular weight excluding hydrogens is 434 g/mol. The molecule has 0 radical (unpaired) electrons. The summed E-state index contributed by atoms with van der Waals surface area (Å²) in [5.74, 6) is 0.354. The van der Waals surface area contributed by atoms with Gasteiger partial charge in [0.1, 0.15) is 12.4 Å². The van der Waals surface area contributed by atoms with Crippen LogP contribution in [0.3, 0.4) is 0 Å². The fourth-order valence-electron chi connectivity index (χ4n) is 2.43. The van der Waals surface area contributed by atoms with E-state index < -0.39 is 0 Å². The molecule has 0 aliphatic carbocycles. The topological polar surface area (TPSA) is 111 Å². The maximum Gasteiger partial charge on any atom is 0.308 e. The van der Waals surface area contributed by atoms with E-state index in [1.807, 2.05) is 0 Å². The van der Waals surface area contributed by atoms with E-state index in [4.69, 9.17) is 33.2 Å². The monoisotopic (exact) mass is 471 g/mol. The normalized spacial score (nSPS) is 10.7. The third-order valence-electron chi connectivity index (χ3n) is 3.91. The SMILES string of the molecule is CCOC(=O)CCOCCOCCOCCOCCOCCOc1ccc(NC(C)=O)cc1. The first-order chi connectivity index (χ1) is 16.1. The quantitative estimate of drug-likeness (QED) is 0.213. The van der Waals surface area contributed by atoms with Gasteiger partial charge in [0.15, 0.2) is 0 Å². The Morgan fingerprint density at radius 1 is 0.697 bits per heavy atom. The number of carbonyl (C=O) groups excluding carboxylic acids is 2. The van der Waals surface area contributed by atoms with E-state index in [1.54, 1.807) is 31.2 Å². The third-order valence-corrected chi connectivity index (χ3v) is 3.91. The molecule has 0 aliphatic heterocycles. The predicted molar refractivity (Wildman–Crippen MR) is 122 cm³/mol. The second kappa shape index (κ2) is 20.4. The van der Waals surface area contributed by atoms with Crippen LogP contribution in [0, 0.1) is 0 Å². The highest BCUT2D eigenvalue weighted by Gasteiger charge is 2.01. The highest BCUT2D eigenvalue weighted by atomic mass is 16.6. The van der Waals surface area contributed by atoms with E-state index in [-0.39, 0.29) is 18.3 Å². The molecule has 1 aromatic carbocycles. The van der Waals surface area contributed by atoms with Crippen LogP contribution in [0.25, 0.3) is 0 Å². The van der Waals surface area contributed by atoms with Gasteiger partial charge in [-0.1, -0.05) is 0 Å². The lowest BCUT2D eigenvalue weighted by Gasteiger charge is -2.09. The van der Waals surface area contributed by atoms with E-state index in [0.717, 1.165) is 5.69 Å². The van der Waals surface area contributed by atoms with Gasteiger partial charge in [0, 0.05) is 12.6 Å². The summed E-state index contributed by atoms with van der Waals surface area (Å²) in [6.07, 6.45) is 0.256. The Morgan fingerprint density at radius 2 is 1.15 bits per heavy atom. The second-order valence-corrected chi connectivity index (χ2v) is 6.67. The summed E-state index contributed by atoms with van der Waals surface area (Å²) in [6.45, 7) is 8.60. The van der Waals surface area contributed by atoms with Crippen molar-refractivity contribution in [2.75, 3.05) is 84.6 Å². The summed E-state index contributed by atoms with van der Waals surface area (Å²) in [7, 11) is 0. The van der Waals surface area contributed by atoms with Crippen molar-refractivity contribution < 1.29 is 42.7 Å². The number of ether oxygens (including phenoxy) is 7. The van der Waals surface area contributed by atoms with Crippen LogP contribution in [0.1, 0.15) is 20.3 Å². The number of hydrogen-bond donors (Lipinski definition) is 1. The van der Waals surface area contributed by atoms with Crippen molar-refractivity contribution in [3.63, 3.8) is 0 Å². The average Bonchev–Trinajstić information content (AvgIpc) is 2.79. The van der Waals surface area contributed by atoms with Crippen LogP contribution < -0.4 is 10.1 Å². The van der Waals surface area contributed by atoms with Crippen LogP contribution in [0.15, 0.2) is 24.3 Å². The predicted octanol–water partition coefficient (Wildman–Crippen LogP) is 2.06. The smallest absolute Gasteiger partial charge is 0.308 e.